The van der Waals surface area contributed by atoms with Gasteiger partial charge in [0.1, 0.15) is 6.04 Å². The van der Waals surface area contributed by atoms with E-state index in [0.29, 0.717) is 0 Å². The molecule has 4 heteroatoms. The molecule has 0 aromatic rings. The van der Waals surface area contributed by atoms with Gasteiger partial charge in [-0.2, -0.15) is 0 Å². The predicted molar refractivity (Wildman–Crippen MR) is 78.0 cm³/mol. The fourth-order valence-electron chi connectivity index (χ4n) is 2.77. The summed E-state index contributed by atoms with van der Waals surface area (Å²) in [7, 11) is 0. The molecule has 2 rings (SSSR count). The summed E-state index contributed by atoms with van der Waals surface area (Å²) in [6.45, 7) is 8.88. The van der Waals surface area contributed by atoms with E-state index in [1.165, 1.54) is 11.1 Å². The predicted octanol–water partition coefficient (Wildman–Crippen LogP) is 1.06. The minimum atomic E-state index is -0.136. The molecular weight excluding hydrogens is 238 g/mol. The molecule has 2 aliphatic rings. The molecule has 0 fully saturated rings. The van der Waals surface area contributed by atoms with Gasteiger partial charge in [0, 0.05) is 19.6 Å². The van der Waals surface area contributed by atoms with E-state index < -0.39 is 0 Å². The second kappa shape index (κ2) is 6.87. The van der Waals surface area contributed by atoms with Gasteiger partial charge in [0.15, 0.2) is 0 Å². The molecule has 0 aromatic heterocycles. The Morgan fingerprint density at radius 3 is 3.00 bits per heavy atom. The summed E-state index contributed by atoms with van der Waals surface area (Å²) in [6.07, 6.45) is 6.49. The molecule has 1 unspecified atom stereocenters. The van der Waals surface area contributed by atoms with Gasteiger partial charge < -0.3 is 10.2 Å². The van der Waals surface area contributed by atoms with Gasteiger partial charge in [-0.3, -0.25) is 10.1 Å². The van der Waals surface area contributed by atoms with Crippen LogP contribution < -0.4 is 10.6 Å². The molecule has 0 saturated carbocycles. The van der Waals surface area contributed by atoms with Crippen molar-refractivity contribution in [1.29, 1.82) is 0 Å². The summed E-state index contributed by atoms with van der Waals surface area (Å²) in [5.41, 5.74) is 2.61. The smallest absolute Gasteiger partial charge is 0.241 e. The lowest BCUT2D eigenvalue weighted by atomic mass is 9.96. The van der Waals surface area contributed by atoms with E-state index in [9.17, 15) is 4.79 Å². The molecule has 0 spiro atoms. The van der Waals surface area contributed by atoms with Crippen molar-refractivity contribution in [3.05, 3.63) is 23.3 Å². The van der Waals surface area contributed by atoms with Crippen LogP contribution in [-0.4, -0.2) is 49.6 Å². The molecule has 1 amide bonds. The zero-order valence-electron chi connectivity index (χ0n) is 12.0. The van der Waals surface area contributed by atoms with Crippen molar-refractivity contribution in [3.63, 3.8) is 0 Å². The van der Waals surface area contributed by atoms with Gasteiger partial charge in [-0.25, -0.2) is 0 Å². The van der Waals surface area contributed by atoms with Gasteiger partial charge in [0.2, 0.25) is 5.91 Å². The molecule has 0 radical (unpaired) electrons. The van der Waals surface area contributed by atoms with Gasteiger partial charge in [-0.15, -0.1) is 0 Å². The Kier molecular flexibility index (Phi) is 5.16. The fraction of sp³-hybridized carbons (Fsp3) is 0.667. The third kappa shape index (κ3) is 3.45. The van der Waals surface area contributed by atoms with Crippen LogP contribution in [-0.2, 0) is 4.79 Å². The molecule has 2 N–H and O–H groups in total. The minimum absolute atomic E-state index is 0.115. The van der Waals surface area contributed by atoms with E-state index in [4.69, 9.17) is 0 Å². The summed E-state index contributed by atoms with van der Waals surface area (Å²) in [5, 5.41) is 6.36. The largest absolute Gasteiger partial charge is 0.353 e. The van der Waals surface area contributed by atoms with Gasteiger partial charge in [-0.1, -0.05) is 31.6 Å². The summed E-state index contributed by atoms with van der Waals surface area (Å²) < 4.78 is 0. The maximum absolute atomic E-state index is 12.2. The van der Waals surface area contributed by atoms with E-state index in [1.54, 1.807) is 0 Å². The Morgan fingerprint density at radius 2 is 2.26 bits per heavy atom. The number of amides is 1. The number of nitrogens with one attached hydrogen (secondary N) is 2. The first-order valence-electron chi connectivity index (χ1n) is 7.38. The van der Waals surface area contributed by atoms with Crippen molar-refractivity contribution in [2.45, 2.75) is 32.7 Å². The minimum Gasteiger partial charge on any atom is -0.353 e. The monoisotopic (exact) mass is 263 g/mol. The Hall–Kier alpha value is -1.13. The SMILES string of the molecule is CCN(CC)CCNC(=O)C1NCC2=C1C=CCC2. The highest BCUT2D eigenvalue weighted by atomic mass is 16.2. The van der Waals surface area contributed by atoms with Crippen LogP contribution in [0.3, 0.4) is 0 Å². The molecule has 1 aliphatic carbocycles. The van der Waals surface area contributed by atoms with E-state index >= 15 is 0 Å². The maximum Gasteiger partial charge on any atom is 0.241 e. The van der Waals surface area contributed by atoms with Crippen molar-refractivity contribution in [2.75, 3.05) is 32.7 Å². The number of hydrogen-bond donors (Lipinski definition) is 2. The van der Waals surface area contributed by atoms with Gasteiger partial charge >= 0.3 is 0 Å². The Bertz CT molecular complexity index is 383. The van der Waals surface area contributed by atoms with Gasteiger partial charge in [0.05, 0.1) is 0 Å². The van der Waals surface area contributed by atoms with Crippen LogP contribution in [0, 0.1) is 0 Å². The number of carbonyl (C=O) groups is 1. The number of likely N-dealkylation sites (N-methyl/N-ethyl adjacent to an activating group) is 1. The third-order valence-electron chi connectivity index (χ3n) is 4.03. The molecule has 1 aliphatic heterocycles. The lowest BCUT2D eigenvalue weighted by Gasteiger charge is -2.19. The molecule has 0 aromatic carbocycles. The first kappa shape index (κ1) is 14.3. The van der Waals surface area contributed by atoms with E-state index in [0.717, 1.165) is 45.6 Å². The van der Waals surface area contributed by atoms with Crippen molar-refractivity contribution in [3.8, 4) is 0 Å². The number of rotatable bonds is 6. The third-order valence-corrected chi connectivity index (χ3v) is 4.03. The molecule has 0 bridgehead atoms. The van der Waals surface area contributed by atoms with Crippen LogP contribution >= 0.6 is 0 Å². The average molecular weight is 263 g/mol. The normalized spacial score (nSPS) is 21.9. The van der Waals surface area contributed by atoms with Crippen LogP contribution in [0.15, 0.2) is 23.3 Å². The molecule has 1 heterocycles. The van der Waals surface area contributed by atoms with E-state index in [1.807, 2.05) is 0 Å². The first-order chi connectivity index (χ1) is 9.26. The topological polar surface area (TPSA) is 44.4 Å². The lowest BCUT2D eigenvalue weighted by Crippen LogP contribution is -2.44. The number of carbonyl (C=O) groups excluding carboxylic acids is 1. The standard InChI is InChI=1S/C15H25N3O/c1-3-18(4-2)10-9-16-15(19)14-13-8-6-5-7-12(13)11-17-14/h6,8,14,17H,3-5,7,9-11H2,1-2H3,(H,16,19). The summed E-state index contributed by atoms with van der Waals surface area (Å²) >= 11 is 0. The van der Waals surface area contributed by atoms with Crippen LogP contribution in [0.2, 0.25) is 0 Å². The van der Waals surface area contributed by atoms with Gasteiger partial charge in [0.25, 0.3) is 0 Å². The number of nitrogens with zero attached hydrogens (tertiary/aromatic N) is 1. The van der Waals surface area contributed by atoms with Crippen molar-refractivity contribution < 1.29 is 4.79 Å². The molecule has 19 heavy (non-hydrogen) atoms. The zero-order chi connectivity index (χ0) is 13.7. The quantitative estimate of drug-likeness (QED) is 0.753. The van der Waals surface area contributed by atoms with Crippen LogP contribution in [0.25, 0.3) is 0 Å². The Labute approximate surface area is 115 Å². The number of allylic oxidation sites excluding steroid dienone is 1. The second-order valence-corrected chi connectivity index (χ2v) is 5.13. The summed E-state index contributed by atoms with van der Waals surface area (Å²) in [4.78, 5) is 14.5. The Morgan fingerprint density at radius 1 is 1.47 bits per heavy atom. The zero-order valence-corrected chi connectivity index (χ0v) is 12.0. The molecule has 106 valence electrons. The highest BCUT2D eigenvalue weighted by Crippen LogP contribution is 2.25. The first-order valence-corrected chi connectivity index (χ1v) is 7.38. The van der Waals surface area contributed by atoms with Gasteiger partial charge in [-0.05, 0) is 31.5 Å². The highest BCUT2D eigenvalue weighted by Gasteiger charge is 2.29. The van der Waals surface area contributed by atoms with Crippen molar-refractivity contribution in [1.82, 2.24) is 15.5 Å². The molecular formula is C15H25N3O. The molecule has 0 saturated heterocycles. The molecule has 4 nitrogen and oxygen atoms in total. The van der Waals surface area contributed by atoms with E-state index in [-0.39, 0.29) is 11.9 Å². The Balaban J connectivity index is 1.81. The maximum atomic E-state index is 12.2. The van der Waals surface area contributed by atoms with E-state index in [2.05, 4.69) is 41.5 Å². The average Bonchev–Trinajstić information content (AvgIpc) is 2.87. The summed E-state index contributed by atoms with van der Waals surface area (Å²) in [5.74, 6) is 0.115. The lowest BCUT2D eigenvalue weighted by molar-refractivity contribution is -0.122. The summed E-state index contributed by atoms with van der Waals surface area (Å²) in [6, 6.07) is -0.136. The number of hydrogen-bond acceptors (Lipinski definition) is 3. The second-order valence-electron chi connectivity index (χ2n) is 5.13. The van der Waals surface area contributed by atoms with Crippen molar-refractivity contribution in [2.24, 2.45) is 0 Å². The van der Waals surface area contributed by atoms with Crippen LogP contribution in [0.1, 0.15) is 26.7 Å². The molecule has 1 atom stereocenters. The van der Waals surface area contributed by atoms with Crippen molar-refractivity contribution >= 4 is 5.91 Å². The fourth-order valence-corrected chi connectivity index (χ4v) is 2.77. The van der Waals surface area contributed by atoms with Crippen LogP contribution in [0.4, 0.5) is 0 Å². The highest BCUT2D eigenvalue weighted by molar-refractivity contribution is 5.87. The van der Waals surface area contributed by atoms with Crippen LogP contribution in [0.5, 0.6) is 0 Å².